The predicted molar refractivity (Wildman–Crippen MR) is 72.1 cm³/mol. The molecule has 1 aliphatic rings. The number of rotatable bonds is 5. The largest absolute Gasteiger partial charge is 0.481 e. The summed E-state index contributed by atoms with van der Waals surface area (Å²) in [5, 5.41) is 14.3. The van der Waals surface area contributed by atoms with Gasteiger partial charge in [-0.2, -0.15) is 0 Å². The van der Waals surface area contributed by atoms with Gasteiger partial charge in [-0.05, 0) is 43.4 Å². The van der Waals surface area contributed by atoms with Gasteiger partial charge in [0, 0.05) is 11.7 Å². The number of benzene rings is 1. The standard InChI is InChI=1S/C14H18N2O3/c1-9(11-4-5-11)15-14(19)16-12-6-2-10(3-7-12)8-13(17)18/h2-3,6-7,9,11H,4-5,8H2,1H3,(H,17,18)(H2,15,16,19). The number of carbonyl (C=O) groups excluding carboxylic acids is 1. The highest BCUT2D eigenvalue weighted by Gasteiger charge is 2.28. The molecule has 0 aromatic heterocycles. The van der Waals surface area contributed by atoms with Crippen molar-refractivity contribution in [2.75, 3.05) is 5.32 Å². The summed E-state index contributed by atoms with van der Waals surface area (Å²) in [6.07, 6.45) is 2.36. The molecule has 0 saturated heterocycles. The van der Waals surface area contributed by atoms with Gasteiger partial charge < -0.3 is 15.7 Å². The lowest BCUT2D eigenvalue weighted by molar-refractivity contribution is -0.136. The highest BCUT2D eigenvalue weighted by atomic mass is 16.4. The predicted octanol–water partition coefficient (Wildman–Crippen LogP) is 2.23. The first-order chi connectivity index (χ1) is 9.04. The summed E-state index contributed by atoms with van der Waals surface area (Å²) in [6, 6.07) is 6.80. The summed E-state index contributed by atoms with van der Waals surface area (Å²) >= 11 is 0. The zero-order valence-corrected chi connectivity index (χ0v) is 10.8. The van der Waals surface area contributed by atoms with Crippen LogP contribution in [0.1, 0.15) is 25.3 Å². The van der Waals surface area contributed by atoms with Crippen molar-refractivity contribution in [3.8, 4) is 0 Å². The highest BCUT2D eigenvalue weighted by Crippen LogP contribution is 2.32. The van der Waals surface area contributed by atoms with E-state index < -0.39 is 5.97 Å². The van der Waals surface area contributed by atoms with Crippen LogP contribution >= 0.6 is 0 Å². The molecule has 2 rings (SSSR count). The topological polar surface area (TPSA) is 78.4 Å². The number of anilines is 1. The molecule has 5 heteroatoms. The molecule has 0 heterocycles. The van der Waals surface area contributed by atoms with E-state index in [0.29, 0.717) is 17.2 Å². The number of hydrogen-bond donors (Lipinski definition) is 3. The third-order valence-electron chi connectivity index (χ3n) is 3.26. The number of urea groups is 1. The van der Waals surface area contributed by atoms with Crippen LogP contribution in [0.25, 0.3) is 0 Å². The second-order valence-electron chi connectivity index (χ2n) is 4.99. The van der Waals surface area contributed by atoms with Crippen molar-refractivity contribution in [2.24, 2.45) is 5.92 Å². The number of hydrogen-bond acceptors (Lipinski definition) is 2. The molecule has 1 saturated carbocycles. The van der Waals surface area contributed by atoms with E-state index in [1.807, 2.05) is 6.92 Å². The molecular weight excluding hydrogens is 244 g/mol. The maximum absolute atomic E-state index is 11.7. The molecule has 1 aromatic rings. The van der Waals surface area contributed by atoms with E-state index in [-0.39, 0.29) is 18.5 Å². The van der Waals surface area contributed by atoms with Crippen molar-refractivity contribution in [3.63, 3.8) is 0 Å². The summed E-state index contributed by atoms with van der Waals surface area (Å²) in [5.74, 6) is -0.250. The van der Waals surface area contributed by atoms with E-state index in [1.54, 1.807) is 24.3 Å². The Morgan fingerprint density at radius 2 is 1.95 bits per heavy atom. The molecule has 1 unspecified atom stereocenters. The molecule has 19 heavy (non-hydrogen) atoms. The Kier molecular flexibility index (Phi) is 4.04. The average molecular weight is 262 g/mol. The fourth-order valence-electron chi connectivity index (χ4n) is 1.97. The first-order valence-corrected chi connectivity index (χ1v) is 6.43. The lowest BCUT2D eigenvalue weighted by atomic mass is 10.1. The Labute approximate surface area is 112 Å². The molecule has 1 aromatic carbocycles. The van der Waals surface area contributed by atoms with Gasteiger partial charge in [-0.1, -0.05) is 12.1 Å². The van der Waals surface area contributed by atoms with Crippen LogP contribution in [0.4, 0.5) is 10.5 Å². The second-order valence-corrected chi connectivity index (χ2v) is 4.99. The van der Waals surface area contributed by atoms with Gasteiger partial charge in [0.15, 0.2) is 0 Å². The molecule has 5 nitrogen and oxygen atoms in total. The normalized spacial score (nSPS) is 15.6. The molecule has 0 radical (unpaired) electrons. The van der Waals surface area contributed by atoms with Gasteiger partial charge in [0.25, 0.3) is 0 Å². The summed E-state index contributed by atoms with van der Waals surface area (Å²) < 4.78 is 0. The third kappa shape index (κ3) is 4.28. The SMILES string of the molecule is CC(NC(=O)Nc1ccc(CC(=O)O)cc1)C1CC1. The number of nitrogens with one attached hydrogen (secondary N) is 2. The molecule has 0 bridgehead atoms. The number of carboxylic acid groups (broad SMARTS) is 1. The Morgan fingerprint density at radius 1 is 1.32 bits per heavy atom. The molecule has 1 fully saturated rings. The Balaban J connectivity index is 1.84. The smallest absolute Gasteiger partial charge is 0.319 e. The third-order valence-corrected chi connectivity index (χ3v) is 3.26. The summed E-state index contributed by atoms with van der Waals surface area (Å²) in [6.45, 7) is 2.01. The summed E-state index contributed by atoms with van der Waals surface area (Å²) in [5.41, 5.74) is 1.37. The lowest BCUT2D eigenvalue weighted by Gasteiger charge is -2.13. The quantitative estimate of drug-likeness (QED) is 0.761. The van der Waals surface area contributed by atoms with Crippen LogP contribution in [0.15, 0.2) is 24.3 Å². The molecule has 2 amide bonds. The van der Waals surface area contributed by atoms with E-state index in [0.717, 1.165) is 0 Å². The lowest BCUT2D eigenvalue weighted by Crippen LogP contribution is -2.37. The van der Waals surface area contributed by atoms with Crippen molar-refractivity contribution in [1.82, 2.24) is 5.32 Å². The number of aliphatic carboxylic acids is 1. The Morgan fingerprint density at radius 3 is 2.47 bits per heavy atom. The van der Waals surface area contributed by atoms with Crippen molar-refractivity contribution in [1.29, 1.82) is 0 Å². The van der Waals surface area contributed by atoms with E-state index in [2.05, 4.69) is 10.6 Å². The minimum absolute atomic E-state index is 0.00874. The number of carboxylic acids is 1. The molecule has 0 aliphatic heterocycles. The molecule has 102 valence electrons. The van der Waals surface area contributed by atoms with Crippen LogP contribution < -0.4 is 10.6 Å². The van der Waals surface area contributed by atoms with E-state index in [9.17, 15) is 9.59 Å². The highest BCUT2D eigenvalue weighted by molar-refractivity contribution is 5.89. The first-order valence-electron chi connectivity index (χ1n) is 6.43. The second kappa shape index (κ2) is 5.73. The minimum atomic E-state index is -0.864. The monoisotopic (exact) mass is 262 g/mol. The van der Waals surface area contributed by atoms with Crippen LogP contribution in [0, 0.1) is 5.92 Å². The van der Waals surface area contributed by atoms with Gasteiger partial charge in [-0.25, -0.2) is 4.79 Å². The van der Waals surface area contributed by atoms with Gasteiger partial charge in [0.1, 0.15) is 0 Å². The number of carbonyl (C=O) groups is 2. The fourth-order valence-corrected chi connectivity index (χ4v) is 1.97. The first kappa shape index (κ1) is 13.4. The number of amides is 2. The minimum Gasteiger partial charge on any atom is -0.481 e. The maximum Gasteiger partial charge on any atom is 0.319 e. The fraction of sp³-hybridized carbons (Fsp3) is 0.429. The van der Waals surface area contributed by atoms with Crippen molar-refractivity contribution < 1.29 is 14.7 Å². The van der Waals surface area contributed by atoms with Crippen LogP contribution in [0.5, 0.6) is 0 Å². The summed E-state index contributed by atoms with van der Waals surface area (Å²) in [7, 11) is 0. The zero-order chi connectivity index (χ0) is 13.8. The van der Waals surface area contributed by atoms with Crippen LogP contribution in [0.3, 0.4) is 0 Å². The van der Waals surface area contributed by atoms with Gasteiger partial charge in [0.2, 0.25) is 0 Å². The Bertz CT molecular complexity index is 466. The van der Waals surface area contributed by atoms with Crippen molar-refractivity contribution in [2.45, 2.75) is 32.2 Å². The maximum atomic E-state index is 11.7. The van der Waals surface area contributed by atoms with Crippen LogP contribution in [-0.4, -0.2) is 23.1 Å². The van der Waals surface area contributed by atoms with Crippen LogP contribution in [-0.2, 0) is 11.2 Å². The van der Waals surface area contributed by atoms with Gasteiger partial charge in [-0.3, -0.25) is 4.79 Å². The van der Waals surface area contributed by atoms with Gasteiger partial charge >= 0.3 is 12.0 Å². The van der Waals surface area contributed by atoms with E-state index >= 15 is 0 Å². The molecule has 0 spiro atoms. The van der Waals surface area contributed by atoms with Crippen molar-refractivity contribution >= 4 is 17.7 Å². The van der Waals surface area contributed by atoms with E-state index in [4.69, 9.17) is 5.11 Å². The van der Waals surface area contributed by atoms with Crippen LogP contribution in [0.2, 0.25) is 0 Å². The average Bonchev–Trinajstić information content (AvgIpc) is 3.14. The molecular formula is C14H18N2O3. The van der Waals surface area contributed by atoms with Gasteiger partial charge in [-0.15, -0.1) is 0 Å². The molecule has 1 aliphatic carbocycles. The van der Waals surface area contributed by atoms with E-state index in [1.165, 1.54) is 12.8 Å². The zero-order valence-electron chi connectivity index (χ0n) is 10.8. The molecule has 3 N–H and O–H groups in total. The molecule has 1 atom stereocenters. The van der Waals surface area contributed by atoms with Gasteiger partial charge in [0.05, 0.1) is 6.42 Å². The van der Waals surface area contributed by atoms with Crippen molar-refractivity contribution in [3.05, 3.63) is 29.8 Å². The summed E-state index contributed by atoms with van der Waals surface area (Å²) in [4.78, 5) is 22.2. The Hall–Kier alpha value is -2.04.